The van der Waals surface area contributed by atoms with E-state index in [0.717, 1.165) is 57.8 Å². The first-order valence-electron chi connectivity index (χ1n) is 12.0. The number of unbranched alkanes of at least 4 members (excludes halogenated alkanes) is 12. The minimum absolute atomic E-state index is 0. The second kappa shape index (κ2) is 22.7. The van der Waals surface area contributed by atoms with Crippen molar-refractivity contribution in [1.82, 2.24) is 0 Å². The van der Waals surface area contributed by atoms with Gasteiger partial charge in [0.25, 0.3) is 0 Å². The Bertz CT molecular complexity index is 429. The summed E-state index contributed by atoms with van der Waals surface area (Å²) in [7, 11) is -4.17. The number of rotatable bonds is 21. The molecular weight excluding hydrogens is 411 g/mol. The van der Waals surface area contributed by atoms with Crippen molar-refractivity contribution in [3.63, 3.8) is 0 Å². The van der Waals surface area contributed by atoms with Crippen molar-refractivity contribution in [1.29, 1.82) is 0 Å². The van der Waals surface area contributed by atoms with Gasteiger partial charge in [-0.2, -0.15) is 0 Å². The predicted molar refractivity (Wildman–Crippen MR) is 119 cm³/mol. The van der Waals surface area contributed by atoms with Crippen molar-refractivity contribution in [2.24, 2.45) is 0 Å². The Labute approximate surface area is 224 Å². The van der Waals surface area contributed by atoms with E-state index in [1.54, 1.807) is 0 Å². The molecule has 0 saturated heterocycles. The molecule has 0 heterocycles. The van der Waals surface area contributed by atoms with Gasteiger partial charge in [-0.1, -0.05) is 110 Å². The van der Waals surface area contributed by atoms with Crippen LogP contribution in [-0.4, -0.2) is 29.4 Å². The van der Waals surface area contributed by atoms with Gasteiger partial charge < -0.3 is 9.66 Å². The van der Waals surface area contributed by atoms with Gasteiger partial charge in [-0.05, 0) is 25.7 Å². The van der Waals surface area contributed by atoms with E-state index in [1.807, 2.05) is 0 Å². The van der Waals surface area contributed by atoms with Crippen LogP contribution in [0.2, 0.25) is 0 Å². The minimum Gasteiger partial charge on any atom is -0.748 e. The Balaban J connectivity index is 0. The minimum atomic E-state index is -4.17. The molecule has 0 aliphatic heterocycles. The van der Waals surface area contributed by atoms with Crippen LogP contribution in [0.25, 0.3) is 0 Å². The first-order valence-corrected chi connectivity index (χ1v) is 13.5. The molecule has 2 unspecified atom stereocenters. The third kappa shape index (κ3) is 22.5. The topological polar surface area (TPSA) is 77.4 Å². The smallest absolute Gasteiger partial charge is 0.748 e. The molecule has 0 fully saturated rings. The van der Waals surface area contributed by atoms with Gasteiger partial charge in [-0.15, -0.1) is 0 Å². The van der Waals surface area contributed by atoms with Crippen molar-refractivity contribution in [2.45, 2.75) is 147 Å². The van der Waals surface area contributed by atoms with E-state index in [1.165, 1.54) is 51.4 Å². The predicted octanol–water partition coefficient (Wildman–Crippen LogP) is 3.72. The van der Waals surface area contributed by atoms with Gasteiger partial charge >= 0.3 is 51.4 Å². The molecule has 0 spiro atoms. The normalized spacial score (nSPS) is 13.8. The summed E-state index contributed by atoms with van der Waals surface area (Å²) in [6.07, 6.45) is 19.5. The summed E-state index contributed by atoms with van der Waals surface area (Å²) in [5.41, 5.74) is 0. The number of aliphatic hydroxyl groups is 1. The van der Waals surface area contributed by atoms with Gasteiger partial charge in [0.1, 0.15) is 0 Å². The summed E-state index contributed by atoms with van der Waals surface area (Å²) in [5.74, 6) is 0. The van der Waals surface area contributed by atoms with Crippen LogP contribution in [-0.2, 0) is 10.1 Å². The van der Waals surface area contributed by atoms with Gasteiger partial charge in [0.2, 0.25) is 0 Å². The Morgan fingerprint density at radius 2 is 0.931 bits per heavy atom. The number of hydrogen-bond acceptors (Lipinski definition) is 4. The quantitative estimate of drug-likeness (QED) is 0.162. The summed E-state index contributed by atoms with van der Waals surface area (Å²) in [6, 6.07) is 0. The van der Waals surface area contributed by atoms with E-state index in [0.29, 0.717) is 12.8 Å². The van der Waals surface area contributed by atoms with E-state index in [-0.39, 0.29) is 57.5 Å². The van der Waals surface area contributed by atoms with Gasteiger partial charge in [0.05, 0.1) is 16.2 Å². The van der Waals surface area contributed by atoms with Crippen LogP contribution < -0.4 is 51.4 Å². The van der Waals surface area contributed by atoms with Gasteiger partial charge in [0, 0.05) is 5.25 Å². The number of hydrogen-bond donors (Lipinski definition) is 1. The SMILES string of the molecule is CCCCCCCCCCCC(O)CCCCCC(CCCCC)S(=O)(=O)[O-].[K+]. The molecule has 0 aromatic rings. The molecular formula is C23H47KO4S. The molecule has 0 amide bonds. The maximum Gasteiger partial charge on any atom is 1.00 e. The Hall–Kier alpha value is 1.51. The standard InChI is InChI=1S/C23H48O4S.K/c1-3-5-7-8-9-10-11-12-15-18-22(24)19-16-13-17-21-23(28(25,26)27)20-14-6-4-2;/h22-24H,3-21H2,1-2H3,(H,25,26,27);/q;+1/p-1. The molecule has 0 rings (SSSR count). The van der Waals surface area contributed by atoms with E-state index in [4.69, 9.17) is 0 Å². The second-order valence-electron chi connectivity index (χ2n) is 8.52. The molecule has 0 saturated carbocycles. The molecule has 0 aromatic carbocycles. The number of aliphatic hydroxyl groups excluding tert-OH is 1. The second-order valence-corrected chi connectivity index (χ2v) is 10.2. The summed E-state index contributed by atoms with van der Waals surface area (Å²) >= 11 is 0. The Morgan fingerprint density at radius 1 is 0.621 bits per heavy atom. The zero-order chi connectivity index (χ0) is 21.1. The largest absolute Gasteiger partial charge is 1.00 e. The van der Waals surface area contributed by atoms with Crippen molar-refractivity contribution in [3.05, 3.63) is 0 Å². The molecule has 1 N–H and O–H groups in total. The Kier molecular flexibility index (Phi) is 25.6. The summed E-state index contributed by atoms with van der Waals surface area (Å²) in [4.78, 5) is 0. The van der Waals surface area contributed by atoms with Crippen LogP contribution in [0.15, 0.2) is 0 Å². The molecule has 4 nitrogen and oxygen atoms in total. The van der Waals surface area contributed by atoms with Crippen LogP contribution in [0, 0.1) is 0 Å². The van der Waals surface area contributed by atoms with Crippen LogP contribution in [0.4, 0.5) is 0 Å². The molecule has 6 heteroatoms. The van der Waals surface area contributed by atoms with Crippen molar-refractivity contribution in [3.8, 4) is 0 Å². The monoisotopic (exact) mass is 458 g/mol. The molecule has 170 valence electrons. The van der Waals surface area contributed by atoms with E-state index >= 15 is 0 Å². The third-order valence-corrected chi connectivity index (χ3v) is 7.03. The fourth-order valence-corrected chi connectivity index (χ4v) is 4.73. The molecule has 0 aliphatic carbocycles. The van der Waals surface area contributed by atoms with Crippen LogP contribution in [0.3, 0.4) is 0 Å². The summed E-state index contributed by atoms with van der Waals surface area (Å²) < 4.78 is 34.1. The first-order chi connectivity index (χ1) is 13.4. The van der Waals surface area contributed by atoms with Crippen LogP contribution in [0.5, 0.6) is 0 Å². The summed E-state index contributed by atoms with van der Waals surface area (Å²) in [6.45, 7) is 4.31. The summed E-state index contributed by atoms with van der Waals surface area (Å²) in [5, 5.41) is 9.37. The maximum absolute atomic E-state index is 11.4. The average molecular weight is 459 g/mol. The zero-order valence-corrected chi connectivity index (χ0v) is 23.6. The van der Waals surface area contributed by atoms with E-state index in [9.17, 15) is 18.1 Å². The van der Waals surface area contributed by atoms with Gasteiger partial charge in [-0.25, -0.2) is 8.42 Å². The molecule has 2 atom stereocenters. The first kappa shape index (κ1) is 32.7. The van der Waals surface area contributed by atoms with E-state index < -0.39 is 15.4 Å². The molecule has 0 aliphatic rings. The molecule has 29 heavy (non-hydrogen) atoms. The molecule has 0 bridgehead atoms. The van der Waals surface area contributed by atoms with Gasteiger partial charge in [-0.3, -0.25) is 0 Å². The molecule has 0 radical (unpaired) electrons. The Morgan fingerprint density at radius 3 is 1.38 bits per heavy atom. The fourth-order valence-electron chi connectivity index (χ4n) is 3.82. The third-order valence-electron chi connectivity index (χ3n) is 5.74. The van der Waals surface area contributed by atoms with Gasteiger partial charge in [0.15, 0.2) is 0 Å². The fraction of sp³-hybridized carbons (Fsp3) is 1.00. The van der Waals surface area contributed by atoms with Crippen molar-refractivity contribution >= 4 is 10.1 Å². The van der Waals surface area contributed by atoms with Crippen LogP contribution in [0.1, 0.15) is 136 Å². The molecule has 0 aromatic heterocycles. The van der Waals surface area contributed by atoms with Crippen molar-refractivity contribution in [2.75, 3.05) is 0 Å². The van der Waals surface area contributed by atoms with E-state index in [2.05, 4.69) is 13.8 Å². The maximum atomic E-state index is 11.4. The average Bonchev–Trinajstić information content (AvgIpc) is 2.64. The van der Waals surface area contributed by atoms with Crippen LogP contribution >= 0.6 is 0 Å². The zero-order valence-electron chi connectivity index (χ0n) is 19.7. The van der Waals surface area contributed by atoms with Crippen molar-refractivity contribution < 1.29 is 69.5 Å².